The van der Waals surface area contributed by atoms with Crippen LogP contribution in [0.3, 0.4) is 0 Å². The molecule has 4 nitrogen and oxygen atoms in total. The van der Waals surface area contributed by atoms with E-state index >= 15 is 0 Å². The predicted molar refractivity (Wildman–Crippen MR) is 283 cm³/mol. The molecule has 8 aromatic carbocycles. The molecule has 65 heavy (non-hydrogen) atoms. The molecule has 0 atom stereocenters. The van der Waals surface area contributed by atoms with Crippen LogP contribution in [0.4, 0.5) is 66.9 Å². The third-order valence-corrected chi connectivity index (χ3v) is 17.1. The maximum atomic E-state index is 2.53. The van der Waals surface area contributed by atoms with E-state index in [1.54, 1.807) is 0 Å². The summed E-state index contributed by atoms with van der Waals surface area (Å²) < 4.78 is 2.72. The minimum absolute atomic E-state index is 0.0516. The van der Waals surface area contributed by atoms with Crippen LogP contribution in [0.1, 0.15) is 0 Å². The van der Waals surface area contributed by atoms with Gasteiger partial charge in [-0.3, -0.25) is 0 Å². The predicted octanol–water partition coefficient (Wildman–Crippen LogP) is 12.3. The smallest absolute Gasteiger partial charge is 0.255 e. The third-order valence-electron chi connectivity index (χ3n) is 14.0. The monoisotopic (exact) mass is 880 g/mol. The molecule has 4 aliphatic rings. The molecule has 0 radical (unpaired) electrons. The maximum Gasteiger partial charge on any atom is 0.255 e. The van der Waals surface area contributed by atoms with Crippen molar-refractivity contribution < 1.29 is 0 Å². The number of anilines is 12. The fourth-order valence-electron chi connectivity index (χ4n) is 11.5. The molecule has 0 aliphatic carbocycles. The van der Waals surface area contributed by atoms with Gasteiger partial charge in [0.05, 0.1) is 10.0 Å². The van der Waals surface area contributed by atoms with Crippen molar-refractivity contribution in [2.75, 3.05) is 19.6 Å². The fraction of sp³-hybridized carbons (Fsp3) is 0. The van der Waals surface area contributed by atoms with E-state index in [9.17, 15) is 0 Å². The first-order valence-electron chi connectivity index (χ1n) is 22.1. The summed E-state index contributed by atoms with van der Waals surface area (Å²) >= 11 is 5.70. The molecule has 0 saturated carbocycles. The van der Waals surface area contributed by atoms with Crippen LogP contribution < -0.4 is 52.4 Å². The lowest BCUT2D eigenvalue weighted by molar-refractivity contribution is 1.27. The number of hydrogen-bond donors (Lipinski definition) is 0. The Morgan fingerprint density at radius 1 is 0.292 bits per heavy atom. The Morgan fingerprint density at radius 2 is 0.631 bits per heavy atom. The van der Waals surface area contributed by atoms with E-state index in [4.69, 9.17) is 0 Å². The van der Waals surface area contributed by atoms with Crippen LogP contribution in [0.25, 0.3) is 20.2 Å². The molecule has 15 rings (SSSR count). The van der Waals surface area contributed by atoms with Crippen LogP contribution in [-0.2, 0) is 0 Å². The average Bonchev–Trinajstić information content (AvgIpc) is 4.15. The van der Waals surface area contributed by atoms with Gasteiger partial charge in [0, 0.05) is 66.3 Å². The number of benzene rings is 8. The molecular weight excluding hydrogens is 846 g/mol. The molecular formula is C56H34B2N4S3. The van der Waals surface area contributed by atoms with E-state index in [1.807, 2.05) is 34.0 Å². The number of thiophene rings is 3. The Morgan fingerprint density at radius 3 is 1.02 bits per heavy atom. The molecule has 0 saturated heterocycles. The molecule has 9 heteroatoms. The fourth-order valence-corrected chi connectivity index (χ4v) is 14.9. The Balaban J connectivity index is 1.04. The van der Waals surface area contributed by atoms with Crippen LogP contribution in [0.15, 0.2) is 205 Å². The largest absolute Gasteiger partial charge is 0.311 e. The minimum Gasteiger partial charge on any atom is -0.311 e. The maximum absolute atomic E-state index is 2.53. The second-order valence-electron chi connectivity index (χ2n) is 17.2. The number of rotatable bonds is 4. The van der Waals surface area contributed by atoms with Crippen molar-refractivity contribution >= 4 is 167 Å². The molecule has 0 bridgehead atoms. The van der Waals surface area contributed by atoms with E-state index in [0.717, 1.165) is 0 Å². The Hall–Kier alpha value is -7.29. The van der Waals surface area contributed by atoms with Gasteiger partial charge in [-0.1, -0.05) is 109 Å². The molecule has 0 N–H and O–H groups in total. The van der Waals surface area contributed by atoms with Gasteiger partial charge in [-0.15, -0.1) is 34.0 Å². The topological polar surface area (TPSA) is 13.0 Å². The highest BCUT2D eigenvalue weighted by Gasteiger charge is 2.47. The summed E-state index contributed by atoms with van der Waals surface area (Å²) in [6, 6.07) is 72.1. The van der Waals surface area contributed by atoms with Crippen LogP contribution >= 0.6 is 34.0 Å². The van der Waals surface area contributed by atoms with E-state index in [0.29, 0.717) is 0 Å². The molecule has 0 fully saturated rings. The van der Waals surface area contributed by atoms with E-state index < -0.39 is 0 Å². The summed E-state index contributed by atoms with van der Waals surface area (Å²) in [5.41, 5.74) is 20.4. The van der Waals surface area contributed by atoms with Crippen molar-refractivity contribution in [1.82, 2.24) is 0 Å². The van der Waals surface area contributed by atoms with Crippen molar-refractivity contribution in [3.05, 3.63) is 205 Å². The zero-order chi connectivity index (χ0) is 42.3. The Kier molecular flexibility index (Phi) is 7.56. The van der Waals surface area contributed by atoms with Crippen LogP contribution in [0.5, 0.6) is 0 Å². The second-order valence-corrected chi connectivity index (χ2v) is 20.0. The normalized spacial score (nSPS) is 14.0. The van der Waals surface area contributed by atoms with Gasteiger partial charge < -0.3 is 19.6 Å². The average molecular weight is 881 g/mol. The third kappa shape index (κ3) is 4.87. The van der Waals surface area contributed by atoms with Gasteiger partial charge in [0.1, 0.15) is 0 Å². The molecule has 0 unspecified atom stereocenters. The van der Waals surface area contributed by atoms with Crippen molar-refractivity contribution in [2.24, 2.45) is 0 Å². The minimum atomic E-state index is 0.0516. The van der Waals surface area contributed by atoms with Gasteiger partial charge >= 0.3 is 0 Å². The lowest BCUT2D eigenvalue weighted by Gasteiger charge is -2.43. The number of hydrogen-bond acceptors (Lipinski definition) is 7. The van der Waals surface area contributed by atoms with E-state index in [2.05, 4.69) is 224 Å². The van der Waals surface area contributed by atoms with Crippen LogP contribution in [0, 0.1) is 0 Å². The van der Waals surface area contributed by atoms with Gasteiger partial charge in [0.25, 0.3) is 13.4 Å². The Labute approximate surface area is 389 Å². The van der Waals surface area contributed by atoms with Crippen LogP contribution in [0.2, 0.25) is 0 Å². The molecule has 7 heterocycles. The highest BCUT2D eigenvalue weighted by molar-refractivity contribution is 7.30. The summed E-state index contributed by atoms with van der Waals surface area (Å²) in [7, 11) is 0. The van der Waals surface area contributed by atoms with Gasteiger partial charge in [-0.05, 0) is 139 Å². The standard InChI is InChI=1S/C56H34B2N4S3/c1-5-15-35(16-6-1)59-43-23-13-25-45-49(43)57(41-31-33-63-55(41)61(45)37-19-9-3-10-20-37)51-47(59)29-27-39-40-28-30-48-52(54(40)65-53(39)51)58-42-32-34-64-56(42)62(38-21-11-4-12-22-38)46-26-14-24-44(50(46)58)60(48)36-17-7-2-8-18-36/h1-34H. The summed E-state index contributed by atoms with van der Waals surface area (Å²) in [4.78, 5) is 10.1. The summed E-state index contributed by atoms with van der Waals surface area (Å²) in [5, 5.41) is 9.81. The van der Waals surface area contributed by atoms with Gasteiger partial charge in [0.15, 0.2) is 0 Å². The SMILES string of the molecule is c1ccc(N2c3cccc4c3B(c3ccsc3N4c3ccccc3)c3c2ccc2c3sc3c4c(ccc32)N(c2ccccc2)c2cccc3c2B4c2ccsc2N3c2ccccc2)cc1. The summed E-state index contributed by atoms with van der Waals surface area (Å²) in [6.45, 7) is 0.103. The highest BCUT2D eigenvalue weighted by atomic mass is 32.1. The molecule has 0 spiro atoms. The quantitative estimate of drug-likeness (QED) is 0.163. The molecule has 0 amide bonds. The summed E-state index contributed by atoms with van der Waals surface area (Å²) in [6.07, 6.45) is 0. The van der Waals surface area contributed by atoms with Crippen LogP contribution in [-0.4, -0.2) is 13.4 Å². The first-order chi connectivity index (χ1) is 32.3. The van der Waals surface area contributed by atoms with Gasteiger partial charge in [-0.2, -0.15) is 0 Å². The first kappa shape index (κ1) is 36.1. The van der Waals surface area contributed by atoms with Gasteiger partial charge in [-0.25, -0.2) is 0 Å². The van der Waals surface area contributed by atoms with Crippen molar-refractivity contribution in [3.8, 4) is 0 Å². The molecule has 302 valence electrons. The first-order valence-corrected chi connectivity index (χ1v) is 24.7. The lowest BCUT2D eigenvalue weighted by atomic mass is 9.34. The summed E-state index contributed by atoms with van der Waals surface area (Å²) in [5.74, 6) is 0. The highest BCUT2D eigenvalue weighted by Crippen LogP contribution is 2.50. The zero-order valence-electron chi connectivity index (χ0n) is 34.8. The zero-order valence-corrected chi connectivity index (χ0v) is 37.2. The second kappa shape index (κ2) is 13.6. The van der Waals surface area contributed by atoms with E-state index in [-0.39, 0.29) is 13.4 Å². The van der Waals surface area contributed by atoms with Crippen molar-refractivity contribution in [1.29, 1.82) is 0 Å². The Bertz CT molecular complexity index is 3480. The number of para-hydroxylation sites is 4. The molecule has 3 aromatic heterocycles. The number of fused-ring (bicyclic) bond motifs is 13. The van der Waals surface area contributed by atoms with Gasteiger partial charge in [0.2, 0.25) is 0 Å². The van der Waals surface area contributed by atoms with Crippen molar-refractivity contribution in [3.63, 3.8) is 0 Å². The number of nitrogens with zero attached hydrogens (tertiary/aromatic N) is 4. The molecule has 11 aromatic rings. The van der Waals surface area contributed by atoms with E-state index in [1.165, 1.54) is 120 Å². The lowest BCUT2D eigenvalue weighted by Crippen LogP contribution is -2.61. The molecule has 4 aliphatic heterocycles. The van der Waals surface area contributed by atoms with Crippen molar-refractivity contribution in [2.45, 2.75) is 0 Å².